The van der Waals surface area contributed by atoms with Crippen LogP contribution in [-0.2, 0) is 25.5 Å². The van der Waals surface area contributed by atoms with Crippen LogP contribution in [0, 0.1) is 17.2 Å². The highest BCUT2D eigenvalue weighted by Crippen LogP contribution is 2.43. The van der Waals surface area contributed by atoms with Gasteiger partial charge in [-0.25, -0.2) is 4.79 Å². The van der Waals surface area contributed by atoms with Crippen molar-refractivity contribution < 1.29 is 28.6 Å². The smallest absolute Gasteiger partial charge is 0.411 e. The van der Waals surface area contributed by atoms with E-state index in [4.69, 9.17) is 14.2 Å². The van der Waals surface area contributed by atoms with Gasteiger partial charge in [-0.2, -0.15) is 5.26 Å². The summed E-state index contributed by atoms with van der Waals surface area (Å²) in [5.41, 5.74) is 1.99. The maximum Gasteiger partial charge on any atom is 0.411 e. The van der Waals surface area contributed by atoms with Gasteiger partial charge in [0.2, 0.25) is 5.91 Å². The number of ether oxygens (including phenoxy) is 3. The van der Waals surface area contributed by atoms with E-state index in [1.807, 2.05) is 0 Å². The van der Waals surface area contributed by atoms with Gasteiger partial charge in [0.15, 0.2) is 5.75 Å². The van der Waals surface area contributed by atoms with Crippen LogP contribution in [0.1, 0.15) is 50.2 Å². The maximum absolute atomic E-state index is 13.1. The Bertz CT molecular complexity index is 1200. The summed E-state index contributed by atoms with van der Waals surface area (Å²) in [6.07, 6.45) is 3.32. The number of amides is 2. The number of fused-ring (bicyclic) bond motifs is 1. The summed E-state index contributed by atoms with van der Waals surface area (Å²) >= 11 is 0. The minimum Gasteiger partial charge on any atom is -0.466 e. The fraction of sp³-hybridized carbons (Fsp3) is 0.407. The third-order valence-electron chi connectivity index (χ3n) is 6.40. The molecule has 0 radical (unpaired) electrons. The number of carbonyl (C=O) groups excluding carboxylic acids is 3. The molecule has 1 atom stereocenters. The highest BCUT2D eigenvalue weighted by molar-refractivity contribution is 6.01. The first-order valence-corrected chi connectivity index (χ1v) is 12.1. The van der Waals surface area contributed by atoms with Crippen molar-refractivity contribution in [2.24, 2.45) is 5.92 Å². The molecule has 4 rings (SSSR count). The molecule has 9 heteroatoms. The van der Waals surface area contributed by atoms with Gasteiger partial charge in [-0.15, -0.1) is 0 Å². The minimum atomic E-state index is -0.610. The first-order valence-electron chi connectivity index (χ1n) is 12.1. The van der Waals surface area contributed by atoms with E-state index in [2.05, 4.69) is 11.4 Å². The Morgan fingerprint density at radius 3 is 2.64 bits per heavy atom. The van der Waals surface area contributed by atoms with Crippen LogP contribution in [0.3, 0.4) is 0 Å². The van der Waals surface area contributed by atoms with Gasteiger partial charge in [-0.3, -0.25) is 14.9 Å². The third-order valence-corrected chi connectivity index (χ3v) is 6.40. The van der Waals surface area contributed by atoms with Gasteiger partial charge >= 0.3 is 12.1 Å². The van der Waals surface area contributed by atoms with Gasteiger partial charge in [-0.05, 0) is 62.8 Å². The summed E-state index contributed by atoms with van der Waals surface area (Å²) in [6.45, 7) is 1.95. The third kappa shape index (κ3) is 5.60. The molecule has 9 nitrogen and oxygen atoms in total. The zero-order valence-corrected chi connectivity index (χ0v) is 20.4. The van der Waals surface area contributed by atoms with Crippen molar-refractivity contribution in [2.45, 2.75) is 51.6 Å². The quantitative estimate of drug-likeness (QED) is 0.546. The number of para-hydroxylation sites is 1. The molecule has 1 aliphatic heterocycles. The molecule has 2 aliphatic rings. The van der Waals surface area contributed by atoms with E-state index in [1.165, 1.54) is 4.90 Å². The highest BCUT2D eigenvalue weighted by atomic mass is 16.6. The zero-order chi connectivity index (χ0) is 25.7. The molecule has 1 N–H and O–H groups in total. The molecule has 1 aliphatic carbocycles. The number of esters is 1. The van der Waals surface area contributed by atoms with Crippen LogP contribution in [0.2, 0.25) is 0 Å². The van der Waals surface area contributed by atoms with Crippen molar-refractivity contribution in [1.29, 1.82) is 5.26 Å². The summed E-state index contributed by atoms with van der Waals surface area (Å²) in [7, 11) is 1.61. The largest absolute Gasteiger partial charge is 0.466 e. The number of anilines is 2. The van der Waals surface area contributed by atoms with Crippen molar-refractivity contribution in [3.8, 4) is 17.6 Å². The molecule has 1 unspecified atom stereocenters. The van der Waals surface area contributed by atoms with E-state index in [9.17, 15) is 19.6 Å². The molecule has 0 spiro atoms. The van der Waals surface area contributed by atoms with E-state index >= 15 is 0 Å². The van der Waals surface area contributed by atoms with Gasteiger partial charge in [0.1, 0.15) is 17.9 Å². The molecule has 1 fully saturated rings. The highest BCUT2D eigenvalue weighted by Gasteiger charge is 2.35. The molecule has 2 amide bonds. The number of nitrogens with one attached hydrogen (secondary N) is 1. The van der Waals surface area contributed by atoms with Crippen LogP contribution in [-0.4, -0.2) is 37.7 Å². The molecular weight excluding hydrogens is 462 g/mol. The number of hydrogen-bond donors (Lipinski definition) is 1. The Kier molecular flexibility index (Phi) is 7.74. The summed E-state index contributed by atoms with van der Waals surface area (Å²) in [6, 6.07) is 12.2. The van der Waals surface area contributed by atoms with Gasteiger partial charge in [0, 0.05) is 18.8 Å². The monoisotopic (exact) mass is 491 g/mol. The van der Waals surface area contributed by atoms with E-state index in [-0.39, 0.29) is 31.5 Å². The van der Waals surface area contributed by atoms with Crippen molar-refractivity contribution in [1.82, 2.24) is 0 Å². The molecule has 188 valence electrons. The summed E-state index contributed by atoms with van der Waals surface area (Å²) < 4.78 is 16.7. The molecular formula is C27H29N3O6. The number of benzene rings is 2. The number of hydrogen-bond acceptors (Lipinski definition) is 7. The SMILES string of the molecule is CCOC(=O)CC1Cc2cc(NC(=O)OC3CCCC3)cc(Oc3ccccc3C#N)c2N(C)C1=O. The molecule has 36 heavy (non-hydrogen) atoms. The van der Waals surface area contributed by atoms with Crippen LogP contribution in [0.15, 0.2) is 36.4 Å². The van der Waals surface area contributed by atoms with E-state index in [0.29, 0.717) is 28.4 Å². The second-order valence-corrected chi connectivity index (χ2v) is 8.94. The molecule has 1 heterocycles. The molecule has 0 aromatic heterocycles. The number of rotatable bonds is 7. The molecule has 2 aromatic rings. The van der Waals surface area contributed by atoms with Crippen LogP contribution >= 0.6 is 0 Å². The van der Waals surface area contributed by atoms with E-state index < -0.39 is 18.0 Å². The van der Waals surface area contributed by atoms with Crippen LogP contribution < -0.4 is 15.0 Å². The fourth-order valence-corrected chi connectivity index (χ4v) is 4.74. The number of nitrogens with zero attached hydrogens (tertiary/aromatic N) is 2. The Morgan fingerprint density at radius 2 is 1.92 bits per heavy atom. The van der Waals surface area contributed by atoms with Crippen LogP contribution in [0.5, 0.6) is 11.5 Å². The molecule has 0 saturated heterocycles. The molecule has 0 bridgehead atoms. The predicted octanol–water partition coefficient (Wildman–Crippen LogP) is 4.93. The van der Waals surface area contributed by atoms with Crippen molar-refractivity contribution in [2.75, 3.05) is 23.9 Å². The lowest BCUT2D eigenvalue weighted by molar-refractivity contribution is -0.146. The maximum atomic E-state index is 13.1. The number of carbonyl (C=O) groups is 3. The second kappa shape index (κ2) is 11.1. The van der Waals surface area contributed by atoms with Crippen LogP contribution in [0.4, 0.5) is 16.2 Å². The van der Waals surface area contributed by atoms with Crippen molar-refractivity contribution in [3.63, 3.8) is 0 Å². The van der Waals surface area contributed by atoms with Gasteiger partial charge < -0.3 is 19.1 Å². The van der Waals surface area contributed by atoms with Gasteiger partial charge in [-0.1, -0.05) is 12.1 Å². The Balaban J connectivity index is 1.68. The first kappa shape index (κ1) is 25.0. The fourth-order valence-electron chi connectivity index (χ4n) is 4.74. The molecule has 1 saturated carbocycles. The molecule has 2 aromatic carbocycles. The standard InChI is InChI=1S/C27H29N3O6/c1-3-34-24(31)14-19-12-18-13-20(29-27(33)35-21-9-5-6-10-21)15-23(25(18)30(2)26(19)32)36-22-11-7-4-8-17(22)16-28/h4,7-8,11,13,15,19,21H,3,5-6,9-10,12,14H2,1-2H3,(H,29,33). The minimum absolute atomic E-state index is 0.0503. The Labute approximate surface area is 209 Å². The second-order valence-electron chi connectivity index (χ2n) is 8.94. The normalized spacial score (nSPS) is 17.2. The van der Waals surface area contributed by atoms with E-state index in [0.717, 1.165) is 31.2 Å². The lowest BCUT2D eigenvalue weighted by Gasteiger charge is -2.33. The summed E-state index contributed by atoms with van der Waals surface area (Å²) in [4.78, 5) is 39.3. The average Bonchev–Trinajstić information content (AvgIpc) is 3.35. The lowest BCUT2D eigenvalue weighted by atomic mass is 9.89. The topological polar surface area (TPSA) is 118 Å². The summed E-state index contributed by atoms with van der Waals surface area (Å²) in [5, 5.41) is 12.3. The lowest BCUT2D eigenvalue weighted by Crippen LogP contribution is -2.40. The van der Waals surface area contributed by atoms with Crippen molar-refractivity contribution in [3.05, 3.63) is 47.5 Å². The first-order chi connectivity index (χ1) is 17.4. The van der Waals surface area contributed by atoms with Gasteiger partial charge in [0.25, 0.3) is 0 Å². The average molecular weight is 492 g/mol. The van der Waals surface area contributed by atoms with Crippen LogP contribution in [0.25, 0.3) is 0 Å². The zero-order valence-electron chi connectivity index (χ0n) is 20.4. The van der Waals surface area contributed by atoms with E-state index in [1.54, 1.807) is 50.4 Å². The Morgan fingerprint density at radius 1 is 1.17 bits per heavy atom. The van der Waals surface area contributed by atoms with Gasteiger partial charge in [0.05, 0.1) is 30.2 Å². The van der Waals surface area contributed by atoms with Crippen molar-refractivity contribution >= 4 is 29.3 Å². The predicted molar refractivity (Wildman–Crippen MR) is 132 cm³/mol. The Hall–Kier alpha value is -4.06. The number of nitriles is 1. The summed E-state index contributed by atoms with van der Waals surface area (Å²) in [5.74, 6) is -0.669.